The molecule has 0 aliphatic carbocycles. The van der Waals surface area contributed by atoms with Gasteiger partial charge in [-0.2, -0.15) is 16.4 Å². The summed E-state index contributed by atoms with van der Waals surface area (Å²) >= 11 is 1.75. The first-order valence-corrected chi connectivity index (χ1v) is 8.47. The van der Waals surface area contributed by atoms with E-state index in [9.17, 15) is 0 Å². The second kappa shape index (κ2) is 6.41. The van der Waals surface area contributed by atoms with E-state index < -0.39 is 0 Å². The van der Waals surface area contributed by atoms with Gasteiger partial charge in [0.25, 0.3) is 0 Å². The molecule has 0 radical (unpaired) electrons. The van der Waals surface area contributed by atoms with E-state index in [2.05, 4.69) is 64.9 Å². The summed E-state index contributed by atoms with van der Waals surface area (Å²) in [5.74, 6) is 0. The normalized spacial score (nSPS) is 12.9. The van der Waals surface area contributed by atoms with Gasteiger partial charge in [0.1, 0.15) is 0 Å². The van der Waals surface area contributed by atoms with Crippen LogP contribution in [-0.2, 0) is 13.0 Å². The molecule has 3 rings (SSSR count). The molecule has 0 aliphatic rings. The summed E-state index contributed by atoms with van der Waals surface area (Å²) in [6.45, 7) is 6.17. The molecule has 0 bridgehead atoms. The molecule has 2 aromatic heterocycles. The minimum Gasteiger partial charge on any atom is -0.310 e. The van der Waals surface area contributed by atoms with Crippen LogP contribution in [0, 0.1) is 0 Å². The minimum absolute atomic E-state index is 0.338. The van der Waals surface area contributed by atoms with E-state index in [0.717, 1.165) is 19.5 Å². The number of hydrogen-bond acceptors (Lipinski definition) is 3. The van der Waals surface area contributed by atoms with E-state index in [-0.39, 0.29) is 0 Å². The number of likely N-dealkylation sites (N-methyl/N-ethyl adjacent to an activating group) is 1. The van der Waals surface area contributed by atoms with Gasteiger partial charge >= 0.3 is 0 Å². The summed E-state index contributed by atoms with van der Waals surface area (Å²) in [5.41, 5.74) is 3.78. The van der Waals surface area contributed by atoms with Crippen molar-refractivity contribution in [2.24, 2.45) is 0 Å². The van der Waals surface area contributed by atoms with E-state index in [1.165, 1.54) is 22.2 Å². The van der Waals surface area contributed by atoms with Gasteiger partial charge in [-0.05, 0) is 41.9 Å². The molecule has 0 saturated carbocycles. The molecular formula is C17H21N3S. The third-order valence-corrected chi connectivity index (χ3v) is 4.53. The maximum Gasteiger partial charge on any atom is 0.0722 e. The van der Waals surface area contributed by atoms with Crippen LogP contribution in [0.15, 0.2) is 41.1 Å². The number of hydrogen-bond donors (Lipinski definition) is 1. The highest BCUT2D eigenvalue weighted by atomic mass is 32.1. The van der Waals surface area contributed by atoms with Crippen LogP contribution in [0.2, 0.25) is 0 Å². The van der Waals surface area contributed by atoms with Crippen molar-refractivity contribution >= 4 is 22.2 Å². The van der Waals surface area contributed by atoms with Gasteiger partial charge in [0.15, 0.2) is 0 Å². The van der Waals surface area contributed by atoms with E-state index in [1.54, 1.807) is 11.3 Å². The highest BCUT2D eigenvalue weighted by Crippen LogP contribution is 2.25. The Morgan fingerprint density at radius 2 is 2.10 bits per heavy atom. The number of para-hydroxylation sites is 1. The molecule has 110 valence electrons. The number of aromatic nitrogens is 2. The number of nitrogens with zero attached hydrogens (tertiary/aromatic N) is 2. The molecule has 0 aliphatic heterocycles. The van der Waals surface area contributed by atoms with Crippen molar-refractivity contribution in [3.8, 4) is 0 Å². The van der Waals surface area contributed by atoms with Gasteiger partial charge in [0, 0.05) is 24.4 Å². The zero-order valence-electron chi connectivity index (χ0n) is 12.5. The Labute approximate surface area is 129 Å². The Morgan fingerprint density at radius 3 is 2.81 bits per heavy atom. The number of benzene rings is 1. The highest BCUT2D eigenvalue weighted by Gasteiger charge is 2.16. The fourth-order valence-corrected chi connectivity index (χ4v) is 3.52. The number of aryl methyl sites for hydroxylation is 1. The predicted molar refractivity (Wildman–Crippen MR) is 89.8 cm³/mol. The maximum absolute atomic E-state index is 4.82. The van der Waals surface area contributed by atoms with Gasteiger partial charge in [0.05, 0.1) is 11.2 Å². The van der Waals surface area contributed by atoms with E-state index in [4.69, 9.17) is 5.10 Å². The molecule has 0 amide bonds. The van der Waals surface area contributed by atoms with Crippen molar-refractivity contribution < 1.29 is 0 Å². The van der Waals surface area contributed by atoms with Crippen molar-refractivity contribution in [3.63, 3.8) is 0 Å². The molecular weight excluding hydrogens is 278 g/mol. The second-order valence-corrected chi connectivity index (χ2v) is 5.93. The highest BCUT2D eigenvalue weighted by molar-refractivity contribution is 7.07. The molecule has 4 heteroatoms. The molecule has 1 aromatic carbocycles. The molecule has 3 aromatic rings. The van der Waals surface area contributed by atoms with Crippen molar-refractivity contribution in [1.82, 2.24) is 15.1 Å². The summed E-state index contributed by atoms with van der Waals surface area (Å²) in [6, 6.07) is 11.1. The molecule has 0 saturated heterocycles. The molecule has 0 fully saturated rings. The zero-order valence-corrected chi connectivity index (χ0v) is 13.4. The lowest BCUT2D eigenvalue weighted by Gasteiger charge is -2.15. The monoisotopic (exact) mass is 299 g/mol. The van der Waals surface area contributed by atoms with Crippen molar-refractivity contribution in [3.05, 3.63) is 52.3 Å². The molecule has 21 heavy (non-hydrogen) atoms. The second-order valence-electron chi connectivity index (χ2n) is 5.15. The quantitative estimate of drug-likeness (QED) is 0.745. The van der Waals surface area contributed by atoms with Gasteiger partial charge in [0.2, 0.25) is 0 Å². The lowest BCUT2D eigenvalue weighted by molar-refractivity contribution is 0.539. The smallest absolute Gasteiger partial charge is 0.0722 e. The molecule has 3 nitrogen and oxygen atoms in total. The van der Waals surface area contributed by atoms with Crippen LogP contribution in [-0.4, -0.2) is 16.3 Å². The molecule has 1 unspecified atom stereocenters. The van der Waals surface area contributed by atoms with Gasteiger partial charge in [-0.1, -0.05) is 25.1 Å². The van der Waals surface area contributed by atoms with Crippen LogP contribution >= 0.6 is 11.3 Å². The van der Waals surface area contributed by atoms with Gasteiger partial charge < -0.3 is 5.32 Å². The van der Waals surface area contributed by atoms with Crippen LogP contribution in [0.3, 0.4) is 0 Å². The van der Waals surface area contributed by atoms with Crippen LogP contribution in [0.25, 0.3) is 10.9 Å². The SMILES string of the molecule is CCNC(Cc1nn(CC)c2ccccc12)c1ccsc1. The van der Waals surface area contributed by atoms with E-state index in [0.29, 0.717) is 6.04 Å². The standard InChI is InChI=1S/C17H21N3S/c1-3-18-15(13-9-10-21-12-13)11-16-14-7-5-6-8-17(14)20(4-2)19-16/h5-10,12,15,18H,3-4,11H2,1-2H3. The maximum atomic E-state index is 4.82. The first kappa shape index (κ1) is 14.3. The topological polar surface area (TPSA) is 29.9 Å². The number of rotatable bonds is 6. The summed E-state index contributed by atoms with van der Waals surface area (Å²) < 4.78 is 2.10. The first-order valence-electron chi connectivity index (χ1n) is 7.53. The van der Waals surface area contributed by atoms with Crippen LogP contribution in [0.1, 0.15) is 31.1 Å². The van der Waals surface area contributed by atoms with Crippen LogP contribution in [0.4, 0.5) is 0 Å². The average Bonchev–Trinajstić information content (AvgIpc) is 3.15. The van der Waals surface area contributed by atoms with Crippen LogP contribution in [0.5, 0.6) is 0 Å². The fourth-order valence-electron chi connectivity index (χ4n) is 2.81. The third-order valence-electron chi connectivity index (χ3n) is 3.83. The van der Waals surface area contributed by atoms with Crippen molar-refractivity contribution in [1.29, 1.82) is 0 Å². The molecule has 1 N–H and O–H groups in total. The lowest BCUT2D eigenvalue weighted by Crippen LogP contribution is -2.22. The molecule has 0 spiro atoms. The van der Waals surface area contributed by atoms with Gasteiger partial charge in [-0.25, -0.2) is 0 Å². The molecule has 2 heterocycles. The number of fused-ring (bicyclic) bond motifs is 1. The lowest BCUT2D eigenvalue weighted by atomic mass is 10.0. The predicted octanol–water partition coefficient (Wildman–Crippen LogP) is 4.01. The summed E-state index contributed by atoms with van der Waals surface area (Å²) in [4.78, 5) is 0. The molecule has 1 atom stereocenters. The fraction of sp³-hybridized carbons (Fsp3) is 0.353. The largest absolute Gasteiger partial charge is 0.310 e. The van der Waals surface area contributed by atoms with Crippen molar-refractivity contribution in [2.45, 2.75) is 32.9 Å². The van der Waals surface area contributed by atoms with E-state index in [1.807, 2.05) is 0 Å². The number of nitrogens with one attached hydrogen (secondary N) is 1. The number of thiophene rings is 1. The summed E-state index contributed by atoms with van der Waals surface area (Å²) in [5, 5.41) is 14.0. The Bertz CT molecular complexity index is 700. The Kier molecular flexibility index (Phi) is 4.36. The van der Waals surface area contributed by atoms with Crippen molar-refractivity contribution in [2.75, 3.05) is 6.54 Å². The Balaban J connectivity index is 1.96. The minimum atomic E-state index is 0.338. The van der Waals surface area contributed by atoms with E-state index >= 15 is 0 Å². The zero-order chi connectivity index (χ0) is 14.7. The average molecular weight is 299 g/mol. The summed E-state index contributed by atoms with van der Waals surface area (Å²) in [6.07, 6.45) is 0.929. The van der Waals surface area contributed by atoms with Gasteiger partial charge in [-0.15, -0.1) is 0 Å². The first-order chi connectivity index (χ1) is 10.3. The summed E-state index contributed by atoms with van der Waals surface area (Å²) in [7, 11) is 0. The Morgan fingerprint density at radius 1 is 1.24 bits per heavy atom. The third kappa shape index (κ3) is 2.87. The van der Waals surface area contributed by atoms with Gasteiger partial charge in [-0.3, -0.25) is 4.68 Å². The Hall–Kier alpha value is -1.65. The van der Waals surface area contributed by atoms with Crippen LogP contribution < -0.4 is 5.32 Å².